The van der Waals surface area contributed by atoms with Gasteiger partial charge in [-0.2, -0.15) is 0 Å². The molecule has 1 amide bonds. The summed E-state index contributed by atoms with van der Waals surface area (Å²) in [5.41, 5.74) is 0. The van der Waals surface area contributed by atoms with E-state index < -0.39 is 0 Å². The molecule has 0 unspecified atom stereocenters. The van der Waals surface area contributed by atoms with Crippen molar-refractivity contribution in [3.8, 4) is 0 Å². The summed E-state index contributed by atoms with van der Waals surface area (Å²) in [6, 6.07) is 4.74. The molecule has 2 atom stereocenters. The molecule has 2 nitrogen and oxygen atoms in total. The largest absolute Gasteiger partial charge is 0.322 e. The summed E-state index contributed by atoms with van der Waals surface area (Å²) in [5, 5.41) is 2.52. The van der Waals surface area contributed by atoms with Gasteiger partial charge in [-0.15, -0.1) is 23.1 Å². The number of amides is 1. The van der Waals surface area contributed by atoms with Crippen LogP contribution in [0.5, 0.6) is 0 Å². The number of thiophene rings is 1. The second-order valence-electron chi connectivity index (χ2n) is 4.12. The summed E-state index contributed by atoms with van der Waals surface area (Å²) in [4.78, 5) is 15.4. The SMILES string of the molecule is C[C@H]1S[C@H](c2cccs2)N(C2CC2)C1=O. The topological polar surface area (TPSA) is 20.3 Å². The van der Waals surface area contributed by atoms with E-state index in [1.165, 1.54) is 17.7 Å². The lowest BCUT2D eigenvalue weighted by molar-refractivity contribution is -0.130. The zero-order valence-electron chi connectivity index (χ0n) is 8.55. The Bertz CT molecular complexity index is 372. The summed E-state index contributed by atoms with van der Waals surface area (Å²) < 4.78 is 0. The lowest BCUT2D eigenvalue weighted by atomic mass is 10.3. The van der Waals surface area contributed by atoms with Gasteiger partial charge in [-0.25, -0.2) is 0 Å². The molecule has 3 rings (SSSR count). The van der Waals surface area contributed by atoms with E-state index >= 15 is 0 Å². The van der Waals surface area contributed by atoms with Crippen molar-refractivity contribution in [2.24, 2.45) is 0 Å². The Balaban J connectivity index is 1.91. The molecule has 1 saturated heterocycles. The van der Waals surface area contributed by atoms with E-state index in [0.717, 1.165) is 0 Å². The molecule has 1 aromatic rings. The molecule has 80 valence electrons. The van der Waals surface area contributed by atoms with Gasteiger partial charge in [0.05, 0.1) is 5.25 Å². The van der Waals surface area contributed by atoms with E-state index in [2.05, 4.69) is 22.4 Å². The lowest BCUT2D eigenvalue weighted by Crippen LogP contribution is -2.31. The van der Waals surface area contributed by atoms with Gasteiger partial charge in [0.2, 0.25) is 5.91 Å². The molecule has 1 saturated carbocycles. The van der Waals surface area contributed by atoms with Gasteiger partial charge in [-0.05, 0) is 31.2 Å². The summed E-state index contributed by atoms with van der Waals surface area (Å²) in [6.07, 6.45) is 2.39. The van der Waals surface area contributed by atoms with E-state index in [9.17, 15) is 4.79 Å². The van der Waals surface area contributed by atoms with E-state index in [1.807, 2.05) is 6.92 Å². The minimum Gasteiger partial charge on any atom is -0.322 e. The number of nitrogens with zero attached hydrogens (tertiary/aromatic N) is 1. The summed E-state index contributed by atoms with van der Waals surface area (Å²) in [5.74, 6) is 0.334. The predicted octanol–water partition coefficient (Wildman–Crippen LogP) is 2.87. The van der Waals surface area contributed by atoms with Crippen molar-refractivity contribution in [2.75, 3.05) is 0 Å². The Morgan fingerprint density at radius 2 is 2.27 bits per heavy atom. The zero-order chi connectivity index (χ0) is 10.4. The number of hydrogen-bond donors (Lipinski definition) is 0. The quantitative estimate of drug-likeness (QED) is 0.791. The Morgan fingerprint density at radius 3 is 2.87 bits per heavy atom. The molecule has 2 aliphatic rings. The lowest BCUT2D eigenvalue weighted by Gasteiger charge is -2.22. The van der Waals surface area contributed by atoms with Crippen LogP contribution in [0.25, 0.3) is 0 Å². The minimum absolute atomic E-state index is 0.137. The van der Waals surface area contributed by atoms with Gasteiger partial charge in [-0.3, -0.25) is 4.79 Å². The summed E-state index contributed by atoms with van der Waals surface area (Å²) in [7, 11) is 0. The molecule has 0 aromatic carbocycles. The second kappa shape index (κ2) is 3.52. The first kappa shape index (κ1) is 9.73. The fourth-order valence-electron chi connectivity index (χ4n) is 2.00. The molecule has 4 heteroatoms. The molecular formula is C11H13NOS2. The number of carbonyl (C=O) groups is 1. The maximum Gasteiger partial charge on any atom is 0.236 e. The van der Waals surface area contributed by atoms with Gasteiger partial charge in [0.25, 0.3) is 0 Å². The molecule has 0 spiro atoms. The Morgan fingerprint density at radius 1 is 1.47 bits per heavy atom. The van der Waals surface area contributed by atoms with Crippen LogP contribution in [0.3, 0.4) is 0 Å². The number of carbonyl (C=O) groups excluding carboxylic acids is 1. The van der Waals surface area contributed by atoms with Crippen molar-refractivity contribution in [3.63, 3.8) is 0 Å². The van der Waals surface area contributed by atoms with Gasteiger partial charge < -0.3 is 4.90 Å². The average molecular weight is 239 g/mol. The highest BCUT2D eigenvalue weighted by molar-refractivity contribution is 8.01. The van der Waals surface area contributed by atoms with Crippen LogP contribution in [-0.2, 0) is 4.79 Å². The monoisotopic (exact) mass is 239 g/mol. The van der Waals surface area contributed by atoms with Gasteiger partial charge in [-0.1, -0.05) is 6.07 Å². The van der Waals surface area contributed by atoms with Gasteiger partial charge in [0, 0.05) is 10.9 Å². The number of rotatable bonds is 2. The van der Waals surface area contributed by atoms with Crippen molar-refractivity contribution in [1.82, 2.24) is 4.90 Å². The molecule has 1 aliphatic carbocycles. The normalized spacial score (nSPS) is 31.3. The van der Waals surface area contributed by atoms with Crippen LogP contribution in [-0.4, -0.2) is 22.1 Å². The van der Waals surface area contributed by atoms with Crippen LogP contribution in [0.2, 0.25) is 0 Å². The third-order valence-corrected chi connectivity index (χ3v) is 5.34. The first-order valence-electron chi connectivity index (χ1n) is 5.28. The van der Waals surface area contributed by atoms with E-state index in [-0.39, 0.29) is 5.25 Å². The molecule has 15 heavy (non-hydrogen) atoms. The predicted molar refractivity (Wildman–Crippen MR) is 64.0 cm³/mol. The van der Waals surface area contributed by atoms with Gasteiger partial charge in [0.15, 0.2) is 0 Å². The molecule has 2 fully saturated rings. The molecule has 0 radical (unpaired) electrons. The minimum atomic E-state index is 0.137. The third-order valence-electron chi connectivity index (χ3n) is 2.91. The van der Waals surface area contributed by atoms with Crippen molar-refractivity contribution in [3.05, 3.63) is 22.4 Å². The Hall–Kier alpha value is -0.480. The Kier molecular flexibility index (Phi) is 2.29. The average Bonchev–Trinajstić information content (AvgIpc) is 2.82. The van der Waals surface area contributed by atoms with Crippen molar-refractivity contribution in [1.29, 1.82) is 0 Å². The van der Waals surface area contributed by atoms with Crippen LogP contribution < -0.4 is 0 Å². The highest BCUT2D eigenvalue weighted by Gasteiger charge is 2.46. The van der Waals surface area contributed by atoms with Crippen LogP contribution in [0.15, 0.2) is 17.5 Å². The Labute approximate surface area is 97.7 Å². The molecule has 1 aromatic heterocycles. The van der Waals surface area contributed by atoms with Crippen molar-refractivity contribution in [2.45, 2.75) is 36.4 Å². The number of hydrogen-bond acceptors (Lipinski definition) is 3. The fraction of sp³-hybridized carbons (Fsp3) is 0.545. The van der Waals surface area contributed by atoms with Crippen molar-refractivity contribution >= 4 is 29.0 Å². The summed E-state index contributed by atoms with van der Waals surface area (Å²) in [6.45, 7) is 2.02. The first-order chi connectivity index (χ1) is 7.27. The zero-order valence-corrected chi connectivity index (χ0v) is 10.2. The van der Waals surface area contributed by atoms with Crippen molar-refractivity contribution < 1.29 is 4.79 Å². The van der Waals surface area contributed by atoms with Gasteiger partial charge >= 0.3 is 0 Å². The number of thioether (sulfide) groups is 1. The fourth-order valence-corrected chi connectivity index (χ4v) is 4.28. The maximum absolute atomic E-state index is 12.0. The van der Waals surface area contributed by atoms with E-state index in [0.29, 0.717) is 17.3 Å². The standard InChI is InChI=1S/C11H13NOS2/c1-7-10(13)12(8-4-5-8)11(15-7)9-3-2-6-14-9/h2-3,6-8,11H,4-5H2,1H3/t7-,11-/m1/s1. The third kappa shape index (κ3) is 1.60. The van der Waals surface area contributed by atoms with Crippen LogP contribution in [0, 0.1) is 0 Å². The maximum atomic E-state index is 12.0. The van der Waals surface area contributed by atoms with E-state index in [1.54, 1.807) is 23.1 Å². The molecule has 1 aliphatic heterocycles. The second-order valence-corrected chi connectivity index (χ2v) is 6.53. The highest BCUT2D eigenvalue weighted by atomic mass is 32.2. The molecule has 2 heterocycles. The van der Waals surface area contributed by atoms with Crippen LogP contribution >= 0.6 is 23.1 Å². The van der Waals surface area contributed by atoms with Crippen LogP contribution in [0.4, 0.5) is 0 Å². The van der Waals surface area contributed by atoms with E-state index in [4.69, 9.17) is 0 Å². The molecular weight excluding hydrogens is 226 g/mol. The first-order valence-corrected chi connectivity index (χ1v) is 7.10. The molecule has 0 bridgehead atoms. The van der Waals surface area contributed by atoms with Gasteiger partial charge in [0.1, 0.15) is 5.37 Å². The highest BCUT2D eigenvalue weighted by Crippen LogP contribution is 2.49. The van der Waals surface area contributed by atoms with Crippen LogP contribution in [0.1, 0.15) is 30.0 Å². The molecule has 0 N–H and O–H groups in total. The summed E-state index contributed by atoms with van der Waals surface area (Å²) >= 11 is 3.55. The smallest absolute Gasteiger partial charge is 0.236 e.